The highest BCUT2D eigenvalue weighted by Gasteiger charge is 2.13. The second-order valence-corrected chi connectivity index (χ2v) is 4.44. The number of halogens is 1. The van der Waals surface area contributed by atoms with Crippen molar-refractivity contribution in [1.29, 1.82) is 0 Å². The van der Waals surface area contributed by atoms with E-state index in [4.69, 9.17) is 4.42 Å². The fraction of sp³-hybridized carbons (Fsp3) is 0.545. The van der Waals surface area contributed by atoms with Gasteiger partial charge in [0.1, 0.15) is 11.5 Å². The maximum absolute atomic E-state index is 11.7. The van der Waals surface area contributed by atoms with Crippen molar-refractivity contribution in [2.45, 2.75) is 20.8 Å². The predicted molar refractivity (Wildman–Crippen MR) is 63.5 cm³/mol. The molecule has 15 heavy (non-hydrogen) atoms. The summed E-state index contributed by atoms with van der Waals surface area (Å²) in [5, 5.41) is 3.76. The number of furan rings is 1. The number of hydrogen-bond donors (Lipinski definition) is 1. The Kier molecular flexibility index (Phi) is 4.39. The Bertz CT molecular complexity index is 346. The third kappa shape index (κ3) is 3.38. The van der Waals surface area contributed by atoms with Gasteiger partial charge in [-0.25, -0.2) is 0 Å². The Balaban J connectivity index is 2.58. The van der Waals surface area contributed by atoms with E-state index in [1.54, 1.807) is 13.0 Å². The fourth-order valence-corrected chi connectivity index (χ4v) is 1.50. The minimum absolute atomic E-state index is 0.0582. The first-order valence-electron chi connectivity index (χ1n) is 4.95. The first-order chi connectivity index (χ1) is 7.04. The number of carbonyl (C=O) groups excluding carboxylic acids is 1. The zero-order valence-electron chi connectivity index (χ0n) is 9.26. The molecule has 0 aliphatic carbocycles. The molecule has 4 heteroatoms. The Morgan fingerprint density at radius 1 is 1.60 bits per heavy atom. The summed E-state index contributed by atoms with van der Waals surface area (Å²) in [7, 11) is 0. The molecule has 0 saturated heterocycles. The van der Waals surface area contributed by atoms with Crippen LogP contribution in [0.5, 0.6) is 0 Å². The second kappa shape index (κ2) is 5.35. The van der Waals surface area contributed by atoms with E-state index < -0.39 is 0 Å². The summed E-state index contributed by atoms with van der Waals surface area (Å²) in [6.45, 7) is 6.39. The van der Waals surface area contributed by atoms with Gasteiger partial charge in [-0.1, -0.05) is 22.9 Å². The van der Waals surface area contributed by atoms with E-state index >= 15 is 0 Å². The number of carbonyl (C=O) groups is 1. The minimum atomic E-state index is -0.0582. The molecule has 0 aromatic carbocycles. The summed E-state index contributed by atoms with van der Waals surface area (Å²) in [5.74, 6) is 1.82. The van der Waals surface area contributed by atoms with Gasteiger partial charge in [-0.3, -0.25) is 4.79 Å². The highest BCUT2D eigenvalue weighted by molar-refractivity contribution is 9.09. The van der Waals surface area contributed by atoms with Crippen LogP contribution in [0.25, 0.3) is 0 Å². The van der Waals surface area contributed by atoms with Crippen LogP contribution in [0.1, 0.15) is 28.8 Å². The molecule has 0 spiro atoms. The van der Waals surface area contributed by atoms with Crippen LogP contribution in [0.4, 0.5) is 0 Å². The lowest BCUT2D eigenvalue weighted by Crippen LogP contribution is -2.28. The maximum Gasteiger partial charge on any atom is 0.254 e. The van der Waals surface area contributed by atoms with Crippen LogP contribution in [0.2, 0.25) is 0 Å². The van der Waals surface area contributed by atoms with Crippen LogP contribution >= 0.6 is 15.9 Å². The third-order valence-corrected chi connectivity index (χ3v) is 3.27. The van der Waals surface area contributed by atoms with Crippen molar-refractivity contribution in [3.63, 3.8) is 0 Å². The van der Waals surface area contributed by atoms with Gasteiger partial charge in [-0.15, -0.1) is 0 Å². The van der Waals surface area contributed by atoms with Crippen molar-refractivity contribution < 1.29 is 9.21 Å². The first-order valence-corrected chi connectivity index (χ1v) is 6.08. The summed E-state index contributed by atoms with van der Waals surface area (Å²) in [6.07, 6.45) is 0. The molecule has 1 amide bonds. The van der Waals surface area contributed by atoms with Crippen molar-refractivity contribution in [2.24, 2.45) is 5.92 Å². The van der Waals surface area contributed by atoms with E-state index in [1.165, 1.54) is 0 Å². The predicted octanol–water partition coefficient (Wildman–Crippen LogP) is 2.66. The molecule has 3 nitrogen and oxygen atoms in total. The quantitative estimate of drug-likeness (QED) is 0.858. The smallest absolute Gasteiger partial charge is 0.254 e. The van der Waals surface area contributed by atoms with Crippen molar-refractivity contribution in [2.75, 3.05) is 11.9 Å². The average Bonchev–Trinajstić information content (AvgIpc) is 2.53. The Morgan fingerprint density at radius 2 is 2.27 bits per heavy atom. The number of alkyl halides is 1. The number of hydrogen-bond acceptors (Lipinski definition) is 2. The Labute approximate surface area is 98.4 Å². The van der Waals surface area contributed by atoms with Gasteiger partial charge in [0, 0.05) is 11.9 Å². The van der Waals surface area contributed by atoms with Gasteiger partial charge in [0.25, 0.3) is 5.91 Å². The van der Waals surface area contributed by atoms with E-state index in [0.29, 0.717) is 23.8 Å². The van der Waals surface area contributed by atoms with Crippen LogP contribution in [0, 0.1) is 19.8 Å². The van der Waals surface area contributed by atoms with Crippen molar-refractivity contribution in [1.82, 2.24) is 5.32 Å². The molecular formula is C11H16BrNO2. The van der Waals surface area contributed by atoms with Gasteiger partial charge in [-0.05, 0) is 25.8 Å². The van der Waals surface area contributed by atoms with Crippen molar-refractivity contribution in [3.8, 4) is 0 Å². The molecule has 84 valence electrons. The second-order valence-electron chi connectivity index (χ2n) is 3.80. The third-order valence-electron chi connectivity index (χ3n) is 2.16. The molecule has 0 aliphatic heterocycles. The van der Waals surface area contributed by atoms with E-state index in [9.17, 15) is 4.79 Å². The zero-order chi connectivity index (χ0) is 11.4. The number of nitrogens with one attached hydrogen (secondary N) is 1. The number of rotatable bonds is 4. The van der Waals surface area contributed by atoms with Gasteiger partial charge in [-0.2, -0.15) is 0 Å². The van der Waals surface area contributed by atoms with Crippen molar-refractivity contribution in [3.05, 3.63) is 23.2 Å². The molecule has 0 saturated carbocycles. The van der Waals surface area contributed by atoms with Crippen LogP contribution in [-0.4, -0.2) is 17.8 Å². The first kappa shape index (κ1) is 12.3. The molecule has 1 unspecified atom stereocenters. The summed E-state index contributed by atoms with van der Waals surface area (Å²) < 4.78 is 5.30. The van der Waals surface area contributed by atoms with E-state index in [0.717, 1.165) is 11.1 Å². The van der Waals surface area contributed by atoms with Crippen molar-refractivity contribution >= 4 is 21.8 Å². The van der Waals surface area contributed by atoms with Crippen LogP contribution in [-0.2, 0) is 0 Å². The van der Waals surface area contributed by atoms with Gasteiger partial charge >= 0.3 is 0 Å². The molecule has 1 atom stereocenters. The molecule has 0 radical (unpaired) electrons. The lowest BCUT2D eigenvalue weighted by Gasteiger charge is -2.08. The summed E-state index contributed by atoms with van der Waals surface area (Å²) in [6, 6.07) is 1.77. The molecule has 1 N–H and O–H groups in total. The lowest BCUT2D eigenvalue weighted by molar-refractivity contribution is 0.0948. The summed E-state index contributed by atoms with van der Waals surface area (Å²) in [5.41, 5.74) is 0.634. The minimum Gasteiger partial charge on any atom is -0.466 e. The topological polar surface area (TPSA) is 42.2 Å². The largest absolute Gasteiger partial charge is 0.466 e. The van der Waals surface area contributed by atoms with E-state index in [-0.39, 0.29) is 5.91 Å². The van der Waals surface area contributed by atoms with Gasteiger partial charge < -0.3 is 9.73 Å². The summed E-state index contributed by atoms with van der Waals surface area (Å²) >= 11 is 3.37. The van der Waals surface area contributed by atoms with E-state index in [1.807, 2.05) is 6.92 Å². The zero-order valence-corrected chi connectivity index (χ0v) is 10.8. The molecule has 0 fully saturated rings. The average molecular weight is 274 g/mol. The van der Waals surface area contributed by atoms with Crippen LogP contribution in [0.15, 0.2) is 10.5 Å². The lowest BCUT2D eigenvalue weighted by atomic mass is 10.2. The Morgan fingerprint density at radius 3 is 2.73 bits per heavy atom. The number of amides is 1. The van der Waals surface area contributed by atoms with Crippen LogP contribution < -0.4 is 5.32 Å². The standard InChI is InChI=1S/C11H16BrNO2/c1-7(5-12)6-13-11(14)10-4-8(2)15-9(10)3/h4,7H,5-6H2,1-3H3,(H,13,14). The molecule has 0 bridgehead atoms. The molecule has 1 aromatic rings. The molecule has 1 rings (SSSR count). The maximum atomic E-state index is 11.7. The molecule has 0 aliphatic rings. The highest BCUT2D eigenvalue weighted by atomic mass is 79.9. The SMILES string of the molecule is Cc1cc(C(=O)NCC(C)CBr)c(C)o1. The number of aryl methyl sites for hydroxylation is 2. The van der Waals surface area contributed by atoms with Crippen LogP contribution in [0.3, 0.4) is 0 Å². The van der Waals surface area contributed by atoms with Gasteiger partial charge in [0.15, 0.2) is 0 Å². The highest BCUT2D eigenvalue weighted by Crippen LogP contribution is 2.13. The monoisotopic (exact) mass is 273 g/mol. The summed E-state index contributed by atoms with van der Waals surface area (Å²) in [4.78, 5) is 11.7. The van der Waals surface area contributed by atoms with Gasteiger partial charge in [0.05, 0.1) is 5.56 Å². The van der Waals surface area contributed by atoms with Gasteiger partial charge in [0.2, 0.25) is 0 Å². The normalized spacial score (nSPS) is 12.5. The molecular weight excluding hydrogens is 258 g/mol. The fourth-order valence-electron chi connectivity index (χ4n) is 1.27. The van der Waals surface area contributed by atoms with E-state index in [2.05, 4.69) is 28.2 Å². The molecule has 1 aromatic heterocycles. The Hall–Kier alpha value is -0.770. The molecule has 1 heterocycles.